The Balaban J connectivity index is 3.06. The van der Waals surface area contributed by atoms with E-state index in [2.05, 4.69) is 6.26 Å². The van der Waals surface area contributed by atoms with Crippen LogP contribution in [0.25, 0.3) is 10.3 Å². The minimum atomic E-state index is 0.963. The van der Waals surface area contributed by atoms with Crippen LogP contribution >= 0.6 is 11.3 Å². The zero-order valence-electron chi connectivity index (χ0n) is 4.05. The fraction of sp³-hybridized carbons (Fsp3) is 0. The van der Waals surface area contributed by atoms with Gasteiger partial charge in [0.1, 0.15) is 0 Å². The van der Waals surface area contributed by atoms with Gasteiger partial charge in [-0.15, -0.1) is 11.3 Å². The summed E-state index contributed by atoms with van der Waals surface area (Å²) in [5.74, 6) is 0. The second-order valence-electron chi connectivity index (χ2n) is 1.53. The third-order valence-electron chi connectivity index (χ3n) is 1.02. The van der Waals surface area contributed by atoms with Gasteiger partial charge in [0.25, 0.3) is 0 Å². The van der Waals surface area contributed by atoms with Crippen LogP contribution in [0.1, 0.15) is 0 Å². The number of rotatable bonds is 0. The first-order chi connectivity index (χ1) is 3.97. The van der Waals surface area contributed by atoms with Gasteiger partial charge in [-0.2, -0.15) is 0 Å². The Kier molecular flexibility index (Phi) is 0.704. The number of fused-ring (bicyclic) bond motifs is 1. The summed E-state index contributed by atoms with van der Waals surface area (Å²) in [7, 11) is 0. The van der Waals surface area contributed by atoms with Gasteiger partial charge < -0.3 is 4.42 Å². The molecule has 2 aromatic heterocycles. The summed E-state index contributed by atoms with van der Waals surface area (Å²) in [4.78, 5) is 0.963. The Labute approximate surface area is 50.5 Å². The second-order valence-corrected chi connectivity index (χ2v) is 2.41. The maximum atomic E-state index is 4.95. The summed E-state index contributed by atoms with van der Waals surface area (Å²) < 4.78 is 4.95. The average molecular weight is 123 g/mol. The molecule has 2 rings (SSSR count). The maximum Gasteiger partial charge on any atom is 0.188 e. The third kappa shape index (κ3) is 0.406. The topological polar surface area (TPSA) is 13.1 Å². The van der Waals surface area contributed by atoms with Gasteiger partial charge in [-0.25, -0.2) is 0 Å². The standard InChI is InChI=1S/C6H3OS/c1-3-7-6-5(1)2-4-8-6/h1-2,4H. The van der Waals surface area contributed by atoms with Crippen molar-refractivity contribution in [1.29, 1.82) is 0 Å². The van der Waals surface area contributed by atoms with Crippen LogP contribution in [0.5, 0.6) is 0 Å². The molecule has 0 aliphatic rings. The Morgan fingerprint density at radius 3 is 3.50 bits per heavy atom. The zero-order chi connectivity index (χ0) is 5.40. The highest BCUT2D eigenvalue weighted by atomic mass is 32.1. The van der Waals surface area contributed by atoms with E-state index in [-0.39, 0.29) is 0 Å². The van der Waals surface area contributed by atoms with E-state index in [1.54, 1.807) is 11.3 Å². The lowest BCUT2D eigenvalue weighted by Gasteiger charge is -1.64. The Bertz CT molecular complexity index is 230. The molecule has 39 valence electrons. The van der Waals surface area contributed by atoms with Crippen molar-refractivity contribution in [1.82, 2.24) is 0 Å². The highest BCUT2D eigenvalue weighted by Gasteiger charge is 1.93. The first-order valence-electron chi connectivity index (χ1n) is 2.30. The predicted molar refractivity (Wildman–Crippen MR) is 32.9 cm³/mol. The molecule has 1 nitrogen and oxygen atoms in total. The molecular weight excluding hydrogens is 120 g/mol. The van der Waals surface area contributed by atoms with E-state index in [0.29, 0.717) is 0 Å². The molecule has 2 aromatic rings. The van der Waals surface area contributed by atoms with E-state index in [4.69, 9.17) is 4.42 Å². The molecule has 0 aliphatic carbocycles. The van der Waals surface area contributed by atoms with Gasteiger partial charge in [-0.05, 0) is 17.5 Å². The van der Waals surface area contributed by atoms with Crippen LogP contribution in [0.3, 0.4) is 0 Å². The first kappa shape index (κ1) is 4.15. The lowest BCUT2D eigenvalue weighted by molar-refractivity contribution is 0.613. The lowest BCUT2D eigenvalue weighted by atomic mass is 10.4. The van der Waals surface area contributed by atoms with Gasteiger partial charge in [0.05, 0.1) is 0 Å². The smallest absolute Gasteiger partial charge is 0.188 e. The van der Waals surface area contributed by atoms with Gasteiger partial charge in [-0.1, -0.05) is 0 Å². The Morgan fingerprint density at radius 1 is 1.62 bits per heavy atom. The molecule has 0 aromatic carbocycles. The number of hydrogen-bond acceptors (Lipinski definition) is 2. The molecule has 0 bridgehead atoms. The molecule has 0 spiro atoms. The fourth-order valence-electron chi connectivity index (χ4n) is 0.642. The van der Waals surface area contributed by atoms with Crippen molar-refractivity contribution in [2.24, 2.45) is 0 Å². The zero-order valence-corrected chi connectivity index (χ0v) is 4.87. The molecule has 2 heterocycles. The quantitative estimate of drug-likeness (QED) is 0.523. The van der Waals surface area contributed by atoms with Gasteiger partial charge in [0.15, 0.2) is 11.2 Å². The van der Waals surface area contributed by atoms with Gasteiger partial charge >= 0.3 is 0 Å². The van der Waals surface area contributed by atoms with Gasteiger partial charge in [0.2, 0.25) is 0 Å². The average Bonchev–Trinajstić information content (AvgIpc) is 2.15. The number of thiophene rings is 1. The third-order valence-corrected chi connectivity index (χ3v) is 1.83. The fourth-order valence-corrected chi connectivity index (χ4v) is 1.34. The second kappa shape index (κ2) is 1.36. The molecule has 2 heteroatoms. The molecule has 0 aliphatic heterocycles. The summed E-state index contributed by atoms with van der Waals surface area (Å²) in [6.45, 7) is 0. The summed E-state index contributed by atoms with van der Waals surface area (Å²) >= 11 is 1.60. The van der Waals surface area contributed by atoms with Crippen LogP contribution in [-0.4, -0.2) is 0 Å². The first-order valence-corrected chi connectivity index (χ1v) is 3.18. The van der Waals surface area contributed by atoms with Crippen molar-refractivity contribution in [2.45, 2.75) is 0 Å². The van der Waals surface area contributed by atoms with E-state index in [1.807, 2.05) is 17.5 Å². The summed E-state index contributed by atoms with van der Waals surface area (Å²) in [6, 6.07) is 3.85. The molecular formula is C6H3OS. The Hall–Kier alpha value is -0.760. The SMILES string of the molecule is [c]1cc2ccsc2o1. The van der Waals surface area contributed by atoms with E-state index < -0.39 is 0 Å². The van der Waals surface area contributed by atoms with Crippen LogP contribution < -0.4 is 0 Å². The summed E-state index contributed by atoms with van der Waals surface area (Å²) in [5.41, 5.74) is 0. The van der Waals surface area contributed by atoms with Crippen molar-refractivity contribution in [2.75, 3.05) is 0 Å². The highest BCUT2D eigenvalue weighted by molar-refractivity contribution is 7.16. The maximum absolute atomic E-state index is 4.95. The van der Waals surface area contributed by atoms with E-state index in [9.17, 15) is 0 Å². The van der Waals surface area contributed by atoms with Gasteiger partial charge in [-0.3, -0.25) is 0 Å². The molecule has 8 heavy (non-hydrogen) atoms. The largest absolute Gasteiger partial charge is 0.442 e. The van der Waals surface area contributed by atoms with Crippen molar-refractivity contribution in [3.05, 3.63) is 23.8 Å². The van der Waals surface area contributed by atoms with Gasteiger partial charge in [0, 0.05) is 5.39 Å². The molecule has 0 saturated carbocycles. The predicted octanol–water partition coefficient (Wildman–Crippen LogP) is 2.29. The summed E-state index contributed by atoms with van der Waals surface area (Å²) in [5, 5.41) is 3.15. The highest BCUT2D eigenvalue weighted by Crippen LogP contribution is 2.19. The van der Waals surface area contributed by atoms with Crippen LogP contribution in [0.4, 0.5) is 0 Å². The Morgan fingerprint density at radius 2 is 2.62 bits per heavy atom. The monoisotopic (exact) mass is 123 g/mol. The molecule has 0 saturated heterocycles. The van der Waals surface area contributed by atoms with Crippen molar-refractivity contribution in [3.63, 3.8) is 0 Å². The van der Waals surface area contributed by atoms with Crippen molar-refractivity contribution < 1.29 is 4.42 Å². The minimum Gasteiger partial charge on any atom is -0.442 e. The number of furan rings is 1. The normalized spacial score (nSPS) is 10.5. The molecule has 0 N–H and O–H groups in total. The molecule has 1 radical (unpaired) electrons. The number of hydrogen-bond donors (Lipinski definition) is 0. The van der Waals surface area contributed by atoms with Crippen LogP contribution in [0, 0.1) is 6.26 Å². The molecule has 0 fully saturated rings. The minimum absolute atomic E-state index is 0.963. The molecule has 0 amide bonds. The van der Waals surface area contributed by atoms with E-state index >= 15 is 0 Å². The van der Waals surface area contributed by atoms with Crippen molar-refractivity contribution in [3.8, 4) is 0 Å². The van der Waals surface area contributed by atoms with Crippen LogP contribution in [0.2, 0.25) is 0 Å². The summed E-state index contributed by atoms with van der Waals surface area (Å²) in [6.07, 6.45) is 2.65. The molecule has 0 unspecified atom stereocenters. The van der Waals surface area contributed by atoms with E-state index in [1.165, 1.54) is 0 Å². The van der Waals surface area contributed by atoms with E-state index in [0.717, 1.165) is 10.3 Å². The lowest BCUT2D eigenvalue weighted by Crippen LogP contribution is -1.37. The van der Waals surface area contributed by atoms with Crippen LogP contribution in [-0.2, 0) is 0 Å². The van der Waals surface area contributed by atoms with Crippen LogP contribution in [0.15, 0.2) is 21.9 Å². The molecule has 0 atom stereocenters. The van der Waals surface area contributed by atoms with Crippen molar-refractivity contribution >= 4 is 21.6 Å².